The topological polar surface area (TPSA) is 35.6 Å². The van der Waals surface area contributed by atoms with Crippen LogP contribution in [0.4, 0.5) is 0 Å². The first-order chi connectivity index (χ1) is 27.8. The van der Waals surface area contributed by atoms with Gasteiger partial charge in [-0.2, -0.15) is 0 Å². The molecule has 3 aromatic heterocycles. The Kier molecular flexibility index (Phi) is 6.60. The van der Waals surface area contributed by atoms with Gasteiger partial charge >= 0.3 is 0 Å². The van der Waals surface area contributed by atoms with Gasteiger partial charge in [0.2, 0.25) is 5.95 Å². The molecule has 0 spiro atoms. The lowest BCUT2D eigenvalue weighted by Crippen LogP contribution is -2.03. The van der Waals surface area contributed by atoms with Gasteiger partial charge in [0.1, 0.15) is 0 Å². The molecule has 0 fully saturated rings. The first-order valence-corrected chi connectivity index (χ1v) is 19.1. The highest BCUT2D eigenvalue weighted by atomic mass is 15.2. The molecule has 0 amide bonds. The number of benzene rings is 9. The van der Waals surface area contributed by atoms with Gasteiger partial charge in [-0.15, -0.1) is 0 Å². The van der Waals surface area contributed by atoms with E-state index in [2.05, 4.69) is 203 Å². The van der Waals surface area contributed by atoms with Crippen LogP contribution in [0, 0.1) is 0 Å². The maximum atomic E-state index is 5.46. The molecule has 0 radical (unpaired) electrons. The van der Waals surface area contributed by atoms with Crippen molar-refractivity contribution in [1.82, 2.24) is 19.1 Å². The van der Waals surface area contributed by atoms with E-state index in [9.17, 15) is 0 Å². The van der Waals surface area contributed by atoms with Gasteiger partial charge in [-0.05, 0) is 87.3 Å². The van der Waals surface area contributed by atoms with Gasteiger partial charge in [0.15, 0.2) is 0 Å². The zero-order valence-electron chi connectivity index (χ0n) is 30.3. The van der Waals surface area contributed by atoms with Gasteiger partial charge in [0.25, 0.3) is 0 Å². The highest BCUT2D eigenvalue weighted by molar-refractivity contribution is 6.22. The zero-order valence-corrected chi connectivity index (χ0v) is 30.3. The van der Waals surface area contributed by atoms with E-state index in [-0.39, 0.29) is 0 Å². The summed E-state index contributed by atoms with van der Waals surface area (Å²) in [5.74, 6) is 0.657. The summed E-state index contributed by atoms with van der Waals surface area (Å²) in [6, 6.07) is 69.6. The molecule has 4 heteroatoms. The standard InChI is InChI=1S/C52H32N4/c1-2-16-37(17-3-1)55-46-24-11-9-20-40(46)43-31-35(26-28-47(43)55)36-27-29-48-44(32-36)50-39-19-7-5-14-34(39)25-30-49(50)56(48)52-53-45-23-10-8-21-42(45)51(54-52)41-22-12-15-33-13-4-6-18-38(33)41/h1-32H. The summed E-state index contributed by atoms with van der Waals surface area (Å²) in [7, 11) is 0. The van der Waals surface area contributed by atoms with Crippen LogP contribution in [0.2, 0.25) is 0 Å². The van der Waals surface area contributed by atoms with Crippen LogP contribution < -0.4 is 0 Å². The van der Waals surface area contributed by atoms with Crippen molar-refractivity contribution in [3.8, 4) is 34.0 Å². The average Bonchev–Trinajstić information content (AvgIpc) is 3.78. The second kappa shape index (κ2) is 12.0. The molecular formula is C52H32N4. The molecule has 0 bridgehead atoms. The molecule has 0 saturated carbocycles. The minimum Gasteiger partial charge on any atom is -0.309 e. The van der Waals surface area contributed by atoms with Crippen LogP contribution >= 0.6 is 0 Å². The van der Waals surface area contributed by atoms with Crippen LogP contribution in [0.25, 0.3) is 110 Å². The summed E-state index contributed by atoms with van der Waals surface area (Å²) in [4.78, 5) is 10.7. The Bertz CT molecular complexity index is 3530. The molecule has 0 aliphatic heterocycles. The lowest BCUT2D eigenvalue weighted by atomic mass is 9.99. The summed E-state index contributed by atoms with van der Waals surface area (Å²) >= 11 is 0. The van der Waals surface area contributed by atoms with Crippen LogP contribution in [0.1, 0.15) is 0 Å². The molecule has 0 atom stereocenters. The highest BCUT2D eigenvalue weighted by Crippen LogP contribution is 2.41. The van der Waals surface area contributed by atoms with Crippen molar-refractivity contribution in [2.24, 2.45) is 0 Å². The quantitative estimate of drug-likeness (QED) is 0.182. The van der Waals surface area contributed by atoms with Crippen LogP contribution in [0.15, 0.2) is 194 Å². The van der Waals surface area contributed by atoms with Gasteiger partial charge in [0, 0.05) is 38.2 Å². The van der Waals surface area contributed by atoms with Crippen molar-refractivity contribution in [3.05, 3.63) is 194 Å². The van der Waals surface area contributed by atoms with Crippen LogP contribution in [-0.4, -0.2) is 19.1 Å². The number of hydrogen-bond donors (Lipinski definition) is 0. The Hall–Kier alpha value is -7.56. The summed E-state index contributed by atoms with van der Waals surface area (Å²) in [5.41, 5.74) is 11.0. The maximum Gasteiger partial charge on any atom is 0.235 e. The lowest BCUT2D eigenvalue weighted by Gasteiger charge is -2.13. The van der Waals surface area contributed by atoms with E-state index in [4.69, 9.17) is 9.97 Å². The van der Waals surface area contributed by atoms with Crippen molar-refractivity contribution in [1.29, 1.82) is 0 Å². The Balaban J connectivity index is 1.12. The molecule has 260 valence electrons. The van der Waals surface area contributed by atoms with Crippen LogP contribution in [0.5, 0.6) is 0 Å². The highest BCUT2D eigenvalue weighted by Gasteiger charge is 2.21. The van der Waals surface area contributed by atoms with Gasteiger partial charge in [-0.1, -0.05) is 140 Å². The predicted molar refractivity (Wildman–Crippen MR) is 234 cm³/mol. The largest absolute Gasteiger partial charge is 0.309 e. The number of fused-ring (bicyclic) bond motifs is 10. The van der Waals surface area contributed by atoms with Crippen molar-refractivity contribution < 1.29 is 0 Å². The molecule has 12 aromatic rings. The molecule has 0 unspecified atom stereocenters. The van der Waals surface area contributed by atoms with E-state index < -0.39 is 0 Å². The minimum atomic E-state index is 0.657. The minimum absolute atomic E-state index is 0.657. The van der Waals surface area contributed by atoms with Crippen LogP contribution in [-0.2, 0) is 0 Å². The fourth-order valence-electron chi connectivity index (χ4n) is 8.99. The van der Waals surface area contributed by atoms with Gasteiger partial charge in [-0.25, -0.2) is 9.97 Å². The third-order valence-corrected chi connectivity index (χ3v) is 11.5. The van der Waals surface area contributed by atoms with Crippen molar-refractivity contribution in [3.63, 3.8) is 0 Å². The molecule has 0 aliphatic carbocycles. The first-order valence-electron chi connectivity index (χ1n) is 19.1. The maximum absolute atomic E-state index is 5.46. The predicted octanol–water partition coefficient (Wildman–Crippen LogP) is 13.5. The Labute approximate surface area is 322 Å². The second-order valence-corrected chi connectivity index (χ2v) is 14.6. The van der Waals surface area contributed by atoms with E-state index in [0.29, 0.717) is 5.95 Å². The molecule has 0 aliphatic rings. The van der Waals surface area contributed by atoms with Crippen molar-refractivity contribution in [2.45, 2.75) is 0 Å². The van der Waals surface area contributed by atoms with Gasteiger partial charge < -0.3 is 4.57 Å². The van der Waals surface area contributed by atoms with Crippen LogP contribution in [0.3, 0.4) is 0 Å². The van der Waals surface area contributed by atoms with E-state index in [1.165, 1.54) is 65.3 Å². The smallest absolute Gasteiger partial charge is 0.235 e. The summed E-state index contributed by atoms with van der Waals surface area (Å²) in [6.45, 7) is 0. The van der Waals surface area contributed by atoms with Crippen molar-refractivity contribution in [2.75, 3.05) is 0 Å². The molecular weight excluding hydrogens is 681 g/mol. The Morgan fingerprint density at radius 1 is 0.339 bits per heavy atom. The van der Waals surface area contributed by atoms with Gasteiger partial charge in [-0.3, -0.25) is 4.57 Å². The molecule has 12 rings (SSSR count). The third-order valence-electron chi connectivity index (χ3n) is 11.5. The third kappa shape index (κ3) is 4.53. The van der Waals surface area contributed by atoms with Gasteiger partial charge in [0.05, 0.1) is 33.3 Å². The number of hydrogen-bond acceptors (Lipinski definition) is 2. The SMILES string of the molecule is c1ccc(-n2c3ccccc3c3cc(-c4ccc5c(c4)c4c6ccccc6ccc4n5-c4nc(-c5cccc6ccccc56)c5ccccc5n4)ccc32)cc1. The van der Waals surface area contributed by atoms with E-state index in [0.717, 1.165) is 38.9 Å². The fourth-order valence-corrected chi connectivity index (χ4v) is 8.99. The summed E-state index contributed by atoms with van der Waals surface area (Å²) < 4.78 is 4.63. The zero-order chi connectivity index (χ0) is 36.7. The molecule has 0 saturated heterocycles. The van der Waals surface area contributed by atoms with E-state index in [1.807, 2.05) is 0 Å². The molecule has 9 aromatic carbocycles. The molecule has 3 heterocycles. The Morgan fingerprint density at radius 2 is 0.929 bits per heavy atom. The van der Waals surface area contributed by atoms with E-state index in [1.54, 1.807) is 0 Å². The monoisotopic (exact) mass is 712 g/mol. The second-order valence-electron chi connectivity index (χ2n) is 14.6. The first kappa shape index (κ1) is 30.9. The number of para-hydroxylation sites is 3. The van der Waals surface area contributed by atoms with Crippen molar-refractivity contribution >= 4 is 76.1 Å². The molecule has 56 heavy (non-hydrogen) atoms. The normalized spacial score (nSPS) is 11.9. The number of nitrogens with zero attached hydrogens (tertiary/aromatic N) is 4. The fraction of sp³-hybridized carbons (Fsp3) is 0. The van der Waals surface area contributed by atoms with E-state index >= 15 is 0 Å². The number of aromatic nitrogens is 4. The Morgan fingerprint density at radius 3 is 1.75 bits per heavy atom. The summed E-state index contributed by atoms with van der Waals surface area (Å²) in [6.07, 6.45) is 0. The number of rotatable bonds is 4. The lowest BCUT2D eigenvalue weighted by molar-refractivity contribution is 1.01. The molecule has 0 N–H and O–H groups in total. The average molecular weight is 713 g/mol. The summed E-state index contributed by atoms with van der Waals surface area (Å²) in [5, 5.41) is 10.7. The molecule has 4 nitrogen and oxygen atoms in total.